The minimum atomic E-state index is -2.90. The number of alkyl halides is 2. The first kappa shape index (κ1) is 29.7. The molecule has 2 N–H and O–H groups in total. The van der Waals surface area contributed by atoms with Crippen molar-refractivity contribution in [1.29, 1.82) is 5.26 Å². The molecule has 6 rings (SSSR count). The number of halogens is 3. The van der Waals surface area contributed by atoms with E-state index in [1.54, 1.807) is 23.0 Å². The SMILES string of the molecule is COc1cnn2cc(-c3nn4c(c3C)CCN(C3CCC(NC#N)CC3(F)F)CC4)cc(OC(CO)c3ccc(F)cn3)c12. The van der Waals surface area contributed by atoms with Gasteiger partial charge in [0.25, 0.3) is 5.92 Å². The molecule has 5 heterocycles. The van der Waals surface area contributed by atoms with Crippen LogP contribution < -0.4 is 14.8 Å². The number of nitrogens with zero attached hydrogens (tertiary/aromatic N) is 7. The predicted molar refractivity (Wildman–Crippen MR) is 153 cm³/mol. The second-order valence-corrected chi connectivity index (χ2v) is 11.2. The number of hydrogen-bond donors (Lipinski definition) is 2. The van der Waals surface area contributed by atoms with Gasteiger partial charge in [0.05, 0.1) is 50.1 Å². The predicted octanol–water partition coefficient (Wildman–Crippen LogP) is 3.65. The molecule has 11 nitrogen and oxygen atoms in total. The molecule has 0 saturated heterocycles. The minimum Gasteiger partial charge on any atom is -0.493 e. The van der Waals surface area contributed by atoms with Gasteiger partial charge in [0.15, 0.2) is 29.3 Å². The number of ether oxygens (including phenoxy) is 2. The summed E-state index contributed by atoms with van der Waals surface area (Å²) in [5, 5.41) is 30.8. The monoisotopic (exact) mass is 610 g/mol. The number of rotatable bonds is 8. The Labute approximate surface area is 251 Å². The summed E-state index contributed by atoms with van der Waals surface area (Å²) in [6, 6.07) is 3.12. The maximum atomic E-state index is 15.1. The van der Waals surface area contributed by atoms with E-state index in [0.717, 1.165) is 17.5 Å². The van der Waals surface area contributed by atoms with Crippen molar-refractivity contribution in [3.63, 3.8) is 0 Å². The fourth-order valence-corrected chi connectivity index (χ4v) is 6.41. The van der Waals surface area contributed by atoms with E-state index in [-0.39, 0.29) is 6.42 Å². The molecule has 0 aromatic carbocycles. The first-order chi connectivity index (χ1) is 21.2. The molecule has 3 atom stereocenters. The van der Waals surface area contributed by atoms with Crippen molar-refractivity contribution in [3.8, 4) is 28.9 Å². The first-order valence-corrected chi connectivity index (χ1v) is 14.5. The van der Waals surface area contributed by atoms with Crippen LogP contribution in [0.2, 0.25) is 0 Å². The zero-order valence-corrected chi connectivity index (χ0v) is 24.4. The molecular formula is C30H33F3N8O3. The summed E-state index contributed by atoms with van der Waals surface area (Å²) in [5.41, 5.74) is 4.17. The van der Waals surface area contributed by atoms with Crippen molar-refractivity contribution in [2.75, 3.05) is 26.8 Å². The average Bonchev–Trinajstić information content (AvgIpc) is 3.49. The van der Waals surface area contributed by atoms with Gasteiger partial charge in [0, 0.05) is 49.4 Å². The van der Waals surface area contributed by atoms with Crippen LogP contribution in [0.5, 0.6) is 11.5 Å². The van der Waals surface area contributed by atoms with Gasteiger partial charge in [-0.2, -0.15) is 15.5 Å². The molecule has 1 aliphatic heterocycles. The number of methoxy groups -OCH3 is 1. The van der Waals surface area contributed by atoms with Gasteiger partial charge in [-0.25, -0.2) is 17.7 Å². The highest BCUT2D eigenvalue weighted by Crippen LogP contribution is 2.39. The lowest BCUT2D eigenvalue weighted by Crippen LogP contribution is -2.54. The van der Waals surface area contributed by atoms with Gasteiger partial charge in [-0.15, -0.1) is 0 Å². The van der Waals surface area contributed by atoms with Crippen molar-refractivity contribution in [1.82, 2.24) is 34.6 Å². The topological polar surface area (TPSA) is 126 Å². The van der Waals surface area contributed by atoms with E-state index in [0.29, 0.717) is 72.9 Å². The normalized spacial score (nSPS) is 20.8. The summed E-state index contributed by atoms with van der Waals surface area (Å²) in [7, 11) is 1.52. The summed E-state index contributed by atoms with van der Waals surface area (Å²) >= 11 is 0. The standard InChI is InChI=1S/C30H33F3N8O3/c1-18-23-7-8-39(27-6-4-21(36-17-34)12-30(27,32)33)9-10-40(23)38-28(18)19-11-24(29-25(43-2)14-37-41(29)15-19)44-26(16-42)22-5-3-20(31)13-35-22/h3,5,11,13-15,21,26-27,36,42H,4,6-10,12,16H2,1-2H3. The molecule has 4 aromatic heterocycles. The molecule has 0 amide bonds. The lowest BCUT2D eigenvalue weighted by molar-refractivity contribution is -0.112. The van der Waals surface area contributed by atoms with Crippen LogP contribution in [0, 0.1) is 24.2 Å². The van der Waals surface area contributed by atoms with Crippen LogP contribution in [0.3, 0.4) is 0 Å². The van der Waals surface area contributed by atoms with Gasteiger partial charge in [0.2, 0.25) is 0 Å². The van der Waals surface area contributed by atoms with Gasteiger partial charge in [-0.05, 0) is 43.5 Å². The Morgan fingerprint density at radius 3 is 2.75 bits per heavy atom. The Bertz CT molecular complexity index is 1680. The highest BCUT2D eigenvalue weighted by molar-refractivity contribution is 5.75. The van der Waals surface area contributed by atoms with Crippen LogP contribution in [-0.4, -0.2) is 79.2 Å². The fraction of sp³-hybridized carbons (Fsp3) is 0.467. The van der Waals surface area contributed by atoms with Crippen molar-refractivity contribution < 1.29 is 27.8 Å². The smallest absolute Gasteiger partial charge is 0.265 e. The molecule has 232 valence electrons. The highest BCUT2D eigenvalue weighted by Gasteiger charge is 2.48. The third kappa shape index (κ3) is 5.53. The van der Waals surface area contributed by atoms with Crippen LogP contribution >= 0.6 is 0 Å². The summed E-state index contributed by atoms with van der Waals surface area (Å²) in [5.74, 6) is -2.58. The molecule has 1 fully saturated rings. The van der Waals surface area contributed by atoms with Crippen LogP contribution in [0.15, 0.2) is 36.8 Å². The number of fused-ring (bicyclic) bond motifs is 2. The molecule has 0 radical (unpaired) electrons. The van der Waals surface area contributed by atoms with E-state index in [2.05, 4.69) is 15.4 Å². The number of aliphatic hydroxyl groups is 1. The van der Waals surface area contributed by atoms with E-state index >= 15 is 8.78 Å². The molecular weight excluding hydrogens is 577 g/mol. The third-order valence-electron chi connectivity index (χ3n) is 8.61. The summed E-state index contributed by atoms with van der Waals surface area (Å²) in [4.78, 5) is 5.93. The Hall–Kier alpha value is -4.35. The average molecular weight is 611 g/mol. The van der Waals surface area contributed by atoms with Crippen molar-refractivity contribution in [2.45, 2.75) is 63.3 Å². The number of aliphatic hydroxyl groups excluding tert-OH is 1. The van der Waals surface area contributed by atoms with E-state index < -0.39 is 36.5 Å². The summed E-state index contributed by atoms with van der Waals surface area (Å²) < 4.78 is 59.0. The molecule has 4 aromatic rings. The Kier molecular flexibility index (Phi) is 8.08. The quantitative estimate of drug-likeness (QED) is 0.227. The largest absolute Gasteiger partial charge is 0.493 e. The number of pyridine rings is 2. The molecule has 1 aliphatic carbocycles. The Balaban J connectivity index is 1.28. The van der Waals surface area contributed by atoms with Crippen molar-refractivity contribution in [2.24, 2.45) is 0 Å². The van der Waals surface area contributed by atoms with Crippen LogP contribution in [0.25, 0.3) is 16.8 Å². The lowest BCUT2D eigenvalue weighted by atomic mass is 9.86. The van der Waals surface area contributed by atoms with Crippen molar-refractivity contribution in [3.05, 3.63) is 59.6 Å². The maximum Gasteiger partial charge on any atom is 0.265 e. The van der Waals surface area contributed by atoms with Crippen molar-refractivity contribution >= 4 is 5.52 Å². The van der Waals surface area contributed by atoms with Gasteiger partial charge >= 0.3 is 0 Å². The van der Waals surface area contributed by atoms with Crippen LogP contribution in [0.1, 0.15) is 42.3 Å². The zero-order valence-electron chi connectivity index (χ0n) is 24.4. The van der Waals surface area contributed by atoms with E-state index in [1.165, 1.54) is 19.2 Å². The molecule has 14 heteroatoms. The van der Waals surface area contributed by atoms with Crippen LogP contribution in [-0.2, 0) is 13.0 Å². The number of nitrogens with one attached hydrogen (secondary N) is 1. The fourth-order valence-electron chi connectivity index (χ4n) is 6.41. The molecule has 0 bridgehead atoms. The van der Waals surface area contributed by atoms with E-state index in [1.807, 2.05) is 22.7 Å². The van der Waals surface area contributed by atoms with Crippen LogP contribution in [0.4, 0.5) is 13.2 Å². The van der Waals surface area contributed by atoms with E-state index in [9.17, 15) is 9.50 Å². The van der Waals surface area contributed by atoms with Gasteiger partial charge < -0.3 is 19.9 Å². The molecule has 0 spiro atoms. The van der Waals surface area contributed by atoms with E-state index in [4.69, 9.17) is 19.8 Å². The Morgan fingerprint density at radius 2 is 2.05 bits per heavy atom. The summed E-state index contributed by atoms with van der Waals surface area (Å²) in [6.07, 6.45) is 6.38. The number of hydrogen-bond acceptors (Lipinski definition) is 9. The second-order valence-electron chi connectivity index (χ2n) is 11.2. The molecule has 3 unspecified atom stereocenters. The molecule has 1 saturated carbocycles. The number of aromatic nitrogens is 5. The summed E-state index contributed by atoms with van der Waals surface area (Å²) in [6.45, 7) is 2.90. The highest BCUT2D eigenvalue weighted by atomic mass is 19.3. The lowest BCUT2D eigenvalue weighted by Gasteiger charge is -2.41. The first-order valence-electron chi connectivity index (χ1n) is 14.5. The zero-order chi connectivity index (χ0) is 31.0. The maximum absolute atomic E-state index is 15.1. The van der Waals surface area contributed by atoms with Gasteiger partial charge in [0.1, 0.15) is 5.82 Å². The molecule has 2 aliphatic rings. The molecule has 44 heavy (non-hydrogen) atoms. The Morgan fingerprint density at radius 1 is 1.20 bits per heavy atom. The minimum absolute atomic E-state index is 0.317. The third-order valence-corrected chi connectivity index (χ3v) is 8.61. The second kappa shape index (κ2) is 12.0. The van der Waals surface area contributed by atoms with Gasteiger partial charge in [-0.3, -0.25) is 14.6 Å². The number of nitriles is 1. The van der Waals surface area contributed by atoms with Gasteiger partial charge in [-0.1, -0.05) is 0 Å².